The lowest BCUT2D eigenvalue weighted by molar-refractivity contribution is -0.137. The predicted octanol–water partition coefficient (Wildman–Crippen LogP) is 3.52. The zero-order valence-electron chi connectivity index (χ0n) is 18.7. The van der Waals surface area contributed by atoms with Crippen LogP contribution in [0.1, 0.15) is 71.6 Å². The topological polar surface area (TPSA) is 121 Å². The third-order valence-electron chi connectivity index (χ3n) is 7.50. The minimum atomic E-state index is -0.833. The van der Waals surface area contributed by atoms with Crippen LogP contribution in [0.5, 0.6) is 0 Å². The van der Waals surface area contributed by atoms with Gasteiger partial charge in [-0.05, 0) is 70.6 Å². The standard InChI is InChI=1S/C21H38ClN5O4/c1-14-3-4-15(2)25(12-14)13-20(16-5-7-17(22)8-6-16)24-23-19-10-9-18(26(28)29)11-21(19)27(30)31/h14-19,21,23,28,30H,3-13H2,1-2H3/q-2. The highest BCUT2D eigenvalue weighted by molar-refractivity contribution is 6.20. The van der Waals surface area contributed by atoms with Crippen molar-refractivity contribution in [3.8, 4) is 0 Å². The van der Waals surface area contributed by atoms with Crippen LogP contribution >= 0.6 is 11.6 Å². The van der Waals surface area contributed by atoms with E-state index in [-0.39, 0.29) is 28.3 Å². The second-order valence-corrected chi connectivity index (χ2v) is 10.5. The molecule has 31 heavy (non-hydrogen) atoms. The quantitative estimate of drug-likeness (QED) is 0.300. The first kappa shape index (κ1) is 25.1. The second kappa shape index (κ2) is 11.6. The molecule has 10 heteroatoms. The van der Waals surface area contributed by atoms with E-state index < -0.39 is 12.1 Å². The highest BCUT2D eigenvalue weighted by Crippen LogP contribution is 2.31. The summed E-state index contributed by atoms with van der Waals surface area (Å²) in [6.07, 6.45) is 7.39. The van der Waals surface area contributed by atoms with Gasteiger partial charge in [0.15, 0.2) is 0 Å². The Labute approximate surface area is 190 Å². The predicted molar refractivity (Wildman–Crippen MR) is 121 cm³/mol. The summed E-state index contributed by atoms with van der Waals surface area (Å²) in [5.41, 5.74) is 4.25. The number of piperidine rings is 1. The minimum Gasteiger partial charge on any atom is -0.762 e. The summed E-state index contributed by atoms with van der Waals surface area (Å²) in [4.78, 5) is 2.50. The van der Waals surface area contributed by atoms with Crippen LogP contribution in [0.25, 0.3) is 0 Å². The van der Waals surface area contributed by atoms with Crippen LogP contribution in [-0.2, 0) is 0 Å². The molecule has 2 saturated carbocycles. The fourth-order valence-corrected chi connectivity index (χ4v) is 5.59. The summed E-state index contributed by atoms with van der Waals surface area (Å²) in [6.45, 7) is 6.41. The number of hydrogen-bond donors (Lipinski definition) is 3. The maximum absolute atomic E-state index is 11.7. The van der Waals surface area contributed by atoms with E-state index in [9.17, 15) is 20.8 Å². The third kappa shape index (κ3) is 6.98. The Kier molecular flexibility index (Phi) is 9.36. The number of halogens is 1. The minimum absolute atomic E-state index is 0.0839. The number of alkyl halides is 1. The molecule has 3 N–H and O–H groups in total. The SMILES string of the molecule is CC1CCC(C)N(CC(=NNC2CCC(N([O-])O)CC2N([O-])O)C2CCC(Cl)CC2)C1. The number of nitrogens with one attached hydrogen (secondary N) is 1. The first-order valence-electron chi connectivity index (χ1n) is 11.7. The van der Waals surface area contributed by atoms with E-state index in [1.165, 1.54) is 12.8 Å². The Morgan fingerprint density at radius 3 is 2.39 bits per heavy atom. The largest absolute Gasteiger partial charge is 0.762 e. The molecule has 5 unspecified atom stereocenters. The van der Waals surface area contributed by atoms with Crippen LogP contribution in [0.2, 0.25) is 0 Å². The fraction of sp³-hybridized carbons (Fsp3) is 0.952. The Morgan fingerprint density at radius 2 is 1.74 bits per heavy atom. The zero-order valence-corrected chi connectivity index (χ0v) is 19.5. The Morgan fingerprint density at radius 1 is 1.03 bits per heavy atom. The smallest absolute Gasteiger partial charge is 0.0608 e. The molecule has 180 valence electrons. The van der Waals surface area contributed by atoms with Gasteiger partial charge >= 0.3 is 0 Å². The summed E-state index contributed by atoms with van der Waals surface area (Å²) in [7, 11) is 0. The van der Waals surface area contributed by atoms with E-state index in [1.54, 1.807) is 0 Å². The van der Waals surface area contributed by atoms with Crippen molar-refractivity contribution < 1.29 is 10.4 Å². The average molecular weight is 460 g/mol. The maximum Gasteiger partial charge on any atom is 0.0608 e. The molecule has 0 aromatic carbocycles. The van der Waals surface area contributed by atoms with Gasteiger partial charge in [-0.2, -0.15) is 5.10 Å². The first-order chi connectivity index (χ1) is 14.7. The summed E-state index contributed by atoms with van der Waals surface area (Å²) in [5, 5.41) is 46.6. The van der Waals surface area contributed by atoms with Gasteiger partial charge in [0.2, 0.25) is 0 Å². The molecule has 3 fully saturated rings. The van der Waals surface area contributed by atoms with Gasteiger partial charge in [-0.1, -0.05) is 6.92 Å². The van der Waals surface area contributed by atoms with Gasteiger partial charge in [-0.3, -0.25) is 15.4 Å². The number of likely N-dealkylation sites (tertiary alicyclic amines) is 1. The molecule has 5 atom stereocenters. The van der Waals surface area contributed by atoms with Crippen LogP contribution in [0.15, 0.2) is 5.10 Å². The van der Waals surface area contributed by atoms with Crippen molar-refractivity contribution in [1.82, 2.24) is 20.8 Å². The molecule has 3 aliphatic rings. The molecular formula is C21H38ClN5O4-2. The van der Waals surface area contributed by atoms with Crippen LogP contribution in [0.3, 0.4) is 0 Å². The maximum atomic E-state index is 11.7. The van der Waals surface area contributed by atoms with Crippen LogP contribution in [0.4, 0.5) is 0 Å². The number of hydrogen-bond acceptors (Lipinski definition) is 9. The van der Waals surface area contributed by atoms with Gasteiger partial charge in [-0.25, -0.2) is 0 Å². The summed E-state index contributed by atoms with van der Waals surface area (Å²) < 4.78 is 0. The van der Waals surface area contributed by atoms with Crippen molar-refractivity contribution in [3.05, 3.63) is 10.4 Å². The summed E-state index contributed by atoms with van der Waals surface area (Å²) in [6, 6.07) is -1.39. The highest BCUT2D eigenvalue weighted by atomic mass is 35.5. The zero-order chi connectivity index (χ0) is 22.5. The molecule has 2 aliphatic carbocycles. The molecule has 0 bridgehead atoms. The van der Waals surface area contributed by atoms with Crippen LogP contribution in [-0.4, -0.2) is 74.1 Å². The molecule has 0 amide bonds. The molecule has 9 nitrogen and oxygen atoms in total. The van der Waals surface area contributed by atoms with Crippen LogP contribution < -0.4 is 5.43 Å². The van der Waals surface area contributed by atoms with Gasteiger partial charge in [0.1, 0.15) is 0 Å². The number of rotatable bonds is 7. The van der Waals surface area contributed by atoms with E-state index in [0.717, 1.165) is 44.5 Å². The average Bonchev–Trinajstić information content (AvgIpc) is 2.74. The van der Waals surface area contributed by atoms with Gasteiger partial charge < -0.3 is 26.3 Å². The van der Waals surface area contributed by atoms with Crippen molar-refractivity contribution in [1.29, 1.82) is 0 Å². The summed E-state index contributed by atoms with van der Waals surface area (Å²) >= 11 is 6.33. The van der Waals surface area contributed by atoms with E-state index in [1.807, 2.05) is 0 Å². The lowest BCUT2D eigenvalue weighted by Crippen LogP contribution is -2.53. The van der Waals surface area contributed by atoms with Crippen molar-refractivity contribution in [3.63, 3.8) is 0 Å². The Hall–Kier alpha value is -0.520. The number of hydroxylamine groups is 4. The van der Waals surface area contributed by atoms with Crippen molar-refractivity contribution >= 4 is 17.3 Å². The second-order valence-electron chi connectivity index (χ2n) is 9.89. The normalized spacial score (nSPS) is 38.6. The Bertz CT molecular complexity index is 588. The van der Waals surface area contributed by atoms with Gasteiger partial charge in [0, 0.05) is 42.5 Å². The van der Waals surface area contributed by atoms with Gasteiger partial charge in [0.05, 0.1) is 11.8 Å². The van der Waals surface area contributed by atoms with Crippen molar-refractivity contribution in [2.24, 2.45) is 16.9 Å². The third-order valence-corrected chi connectivity index (χ3v) is 7.94. The molecule has 0 spiro atoms. The molecule has 1 heterocycles. The van der Waals surface area contributed by atoms with Gasteiger partial charge in [-0.15, -0.1) is 11.6 Å². The lowest BCUT2D eigenvalue weighted by Gasteiger charge is -2.45. The molecule has 0 radical (unpaired) electrons. The number of nitrogens with zero attached hydrogens (tertiary/aromatic N) is 4. The Balaban J connectivity index is 1.71. The van der Waals surface area contributed by atoms with Crippen molar-refractivity contribution in [2.75, 3.05) is 13.1 Å². The first-order valence-corrected chi connectivity index (χ1v) is 12.2. The monoisotopic (exact) mass is 459 g/mol. The molecular weight excluding hydrogens is 422 g/mol. The van der Waals surface area contributed by atoms with E-state index in [4.69, 9.17) is 16.7 Å². The molecule has 0 aromatic rings. The molecule has 0 aromatic heterocycles. The summed E-state index contributed by atoms with van der Waals surface area (Å²) in [5.74, 6) is 1.02. The van der Waals surface area contributed by atoms with E-state index in [0.29, 0.717) is 30.7 Å². The molecule has 3 rings (SSSR count). The lowest BCUT2D eigenvalue weighted by atomic mass is 9.84. The fourth-order valence-electron chi connectivity index (χ4n) is 5.34. The molecule has 1 aliphatic heterocycles. The highest BCUT2D eigenvalue weighted by Gasteiger charge is 2.33. The van der Waals surface area contributed by atoms with E-state index >= 15 is 0 Å². The van der Waals surface area contributed by atoms with Crippen molar-refractivity contribution in [2.45, 2.75) is 101 Å². The molecule has 1 saturated heterocycles. The van der Waals surface area contributed by atoms with Crippen LogP contribution in [0, 0.1) is 22.3 Å². The van der Waals surface area contributed by atoms with E-state index in [2.05, 4.69) is 24.2 Å². The van der Waals surface area contributed by atoms with Gasteiger partial charge in [0.25, 0.3) is 0 Å². The number of hydrazone groups is 1.